The normalized spacial score (nSPS) is 7.00. The van der Waals surface area contributed by atoms with Gasteiger partial charge >= 0.3 is 0 Å². The molecule has 0 unspecified atom stereocenters. The second kappa shape index (κ2) is 5.25. The molecular weight excluding hydrogens is 88.1 g/mol. The van der Waals surface area contributed by atoms with Crippen LogP contribution in [0.1, 0.15) is 13.3 Å². The lowest BCUT2D eigenvalue weighted by atomic mass is 10.5. The van der Waals surface area contributed by atoms with E-state index in [1.807, 2.05) is 0 Å². The van der Waals surface area contributed by atoms with E-state index in [0.717, 1.165) is 13.0 Å². The van der Waals surface area contributed by atoms with Crippen LogP contribution >= 0.6 is 0 Å². The molecule has 2 nitrogen and oxygen atoms in total. The summed E-state index contributed by atoms with van der Waals surface area (Å²) in [6.07, 6.45) is 2.37. The van der Waals surface area contributed by atoms with Gasteiger partial charge in [0.1, 0.15) is 0 Å². The Balaban J connectivity index is 3.10. The van der Waals surface area contributed by atoms with Crippen LogP contribution in [0.3, 0.4) is 0 Å². The smallest absolute Gasteiger partial charge is 0.0565 e. The standard InChI is InChI=1S/C5H10N2/c1-2-4-7-5-3-6/h3H,2,4,6H2,1H3. The van der Waals surface area contributed by atoms with Crippen LogP contribution in [0.2, 0.25) is 0 Å². The third-order valence-electron chi connectivity index (χ3n) is 0.501. The Morgan fingerprint density at radius 3 is 3.00 bits per heavy atom. The van der Waals surface area contributed by atoms with Crippen LogP contribution in [0, 0.1) is 0 Å². The third kappa shape index (κ3) is 5.25. The van der Waals surface area contributed by atoms with Crippen LogP contribution in [0.5, 0.6) is 0 Å². The van der Waals surface area contributed by atoms with Crippen LogP contribution in [0.4, 0.5) is 0 Å². The molecule has 0 aromatic rings. The Morgan fingerprint density at radius 1 is 1.86 bits per heavy atom. The molecule has 0 fully saturated rings. The Kier molecular flexibility index (Phi) is 4.69. The second-order valence-electron chi connectivity index (χ2n) is 1.18. The van der Waals surface area contributed by atoms with Crippen LogP contribution in [0.25, 0.3) is 0 Å². The summed E-state index contributed by atoms with van der Waals surface area (Å²) in [5.74, 6) is 2.53. The average molecular weight is 98.1 g/mol. The van der Waals surface area contributed by atoms with E-state index < -0.39 is 0 Å². The van der Waals surface area contributed by atoms with Crippen LogP contribution < -0.4 is 5.73 Å². The summed E-state index contributed by atoms with van der Waals surface area (Å²) >= 11 is 0. The van der Waals surface area contributed by atoms with Crippen molar-refractivity contribution in [1.82, 2.24) is 0 Å². The van der Waals surface area contributed by atoms with Crippen molar-refractivity contribution in [3.05, 3.63) is 6.20 Å². The van der Waals surface area contributed by atoms with Crippen molar-refractivity contribution in [2.45, 2.75) is 13.3 Å². The van der Waals surface area contributed by atoms with Gasteiger partial charge in [-0.3, -0.25) is 0 Å². The Hall–Kier alpha value is -0.750. The molecule has 0 aliphatic carbocycles. The zero-order valence-electron chi connectivity index (χ0n) is 4.52. The van der Waals surface area contributed by atoms with E-state index in [-0.39, 0.29) is 0 Å². The lowest BCUT2D eigenvalue weighted by Crippen LogP contribution is -1.77. The van der Waals surface area contributed by atoms with E-state index in [1.54, 1.807) is 0 Å². The molecule has 0 rings (SSSR count). The monoisotopic (exact) mass is 98.1 g/mol. The Labute approximate surface area is 43.7 Å². The van der Waals surface area contributed by atoms with Crippen LogP contribution in [0.15, 0.2) is 11.2 Å². The lowest BCUT2D eigenvalue weighted by Gasteiger charge is -1.75. The van der Waals surface area contributed by atoms with Gasteiger partial charge in [0.2, 0.25) is 0 Å². The number of rotatable bonds is 2. The van der Waals surface area contributed by atoms with Crippen molar-refractivity contribution < 1.29 is 0 Å². The van der Waals surface area contributed by atoms with Gasteiger partial charge in [-0.2, -0.15) is 0 Å². The molecule has 0 aliphatic heterocycles. The predicted octanol–water partition coefficient (Wildman–Crippen LogP) is 0.539. The molecule has 0 heterocycles. The Bertz CT molecular complexity index is 80.1. The largest absolute Gasteiger partial charge is 0.397 e. The minimum Gasteiger partial charge on any atom is -0.397 e. The fourth-order valence-electron chi connectivity index (χ4n) is 0.229. The zero-order chi connectivity index (χ0) is 5.54. The highest BCUT2D eigenvalue weighted by molar-refractivity contribution is 5.50. The summed E-state index contributed by atoms with van der Waals surface area (Å²) in [4.78, 5) is 3.78. The van der Waals surface area contributed by atoms with E-state index in [0.29, 0.717) is 0 Å². The Morgan fingerprint density at radius 2 is 2.57 bits per heavy atom. The molecule has 0 bridgehead atoms. The minimum absolute atomic E-state index is 0.827. The van der Waals surface area contributed by atoms with Gasteiger partial charge < -0.3 is 5.73 Å². The van der Waals surface area contributed by atoms with Gasteiger partial charge in [0.15, 0.2) is 0 Å². The molecule has 0 aromatic heterocycles. The number of aliphatic imine (C=N–C) groups is 1. The molecule has 0 spiro atoms. The maximum absolute atomic E-state index is 4.94. The number of hydrogen-bond donors (Lipinski definition) is 1. The van der Waals surface area contributed by atoms with Crippen LogP contribution in [-0.2, 0) is 0 Å². The number of hydrogen-bond acceptors (Lipinski definition) is 2. The van der Waals surface area contributed by atoms with Crippen molar-refractivity contribution >= 4 is 5.87 Å². The first-order valence-electron chi connectivity index (χ1n) is 2.37. The van der Waals surface area contributed by atoms with Gasteiger partial charge in [0, 0.05) is 6.54 Å². The van der Waals surface area contributed by atoms with Gasteiger partial charge in [0.25, 0.3) is 0 Å². The molecule has 2 N–H and O–H groups in total. The van der Waals surface area contributed by atoms with Crippen molar-refractivity contribution in [1.29, 1.82) is 0 Å². The molecule has 0 aromatic carbocycles. The van der Waals surface area contributed by atoms with Crippen molar-refractivity contribution in [3.8, 4) is 0 Å². The van der Waals surface area contributed by atoms with Gasteiger partial charge in [-0.25, -0.2) is 4.99 Å². The summed E-state index contributed by atoms with van der Waals surface area (Å²) in [6.45, 7) is 2.88. The first-order chi connectivity index (χ1) is 3.41. The first kappa shape index (κ1) is 6.25. The first-order valence-corrected chi connectivity index (χ1v) is 2.37. The third-order valence-corrected chi connectivity index (χ3v) is 0.501. The van der Waals surface area contributed by atoms with Crippen LogP contribution in [-0.4, -0.2) is 12.4 Å². The van der Waals surface area contributed by atoms with Crippen molar-refractivity contribution in [3.63, 3.8) is 0 Å². The van der Waals surface area contributed by atoms with Gasteiger partial charge in [-0.05, 0) is 12.3 Å². The summed E-state index contributed by atoms with van der Waals surface area (Å²) in [5.41, 5.74) is 4.94. The van der Waals surface area contributed by atoms with Gasteiger partial charge in [0.05, 0.1) is 6.20 Å². The quantitative estimate of drug-likeness (QED) is 0.503. The SMILES string of the molecule is CCCN=C=CN. The molecule has 0 amide bonds. The summed E-state index contributed by atoms with van der Waals surface area (Å²) in [7, 11) is 0. The molecule has 0 radical (unpaired) electrons. The summed E-state index contributed by atoms with van der Waals surface area (Å²) in [6, 6.07) is 0. The topological polar surface area (TPSA) is 38.4 Å². The lowest BCUT2D eigenvalue weighted by molar-refractivity contribution is 0.938. The predicted molar refractivity (Wildman–Crippen MR) is 31.4 cm³/mol. The molecule has 40 valence electrons. The highest BCUT2D eigenvalue weighted by atomic mass is 14.7. The second-order valence-corrected chi connectivity index (χ2v) is 1.18. The number of nitrogens with two attached hydrogens (primary N) is 1. The molecular formula is C5H10N2. The van der Waals surface area contributed by atoms with E-state index >= 15 is 0 Å². The number of nitrogens with zero attached hydrogens (tertiary/aromatic N) is 1. The van der Waals surface area contributed by atoms with E-state index in [1.165, 1.54) is 6.20 Å². The molecule has 2 heteroatoms. The molecule has 7 heavy (non-hydrogen) atoms. The van der Waals surface area contributed by atoms with E-state index in [2.05, 4.69) is 17.8 Å². The fourth-order valence-corrected chi connectivity index (χ4v) is 0.229. The van der Waals surface area contributed by atoms with E-state index in [4.69, 9.17) is 5.73 Å². The van der Waals surface area contributed by atoms with Crippen molar-refractivity contribution in [2.24, 2.45) is 10.7 Å². The van der Waals surface area contributed by atoms with Crippen molar-refractivity contribution in [2.75, 3.05) is 6.54 Å². The highest BCUT2D eigenvalue weighted by Gasteiger charge is 1.65. The van der Waals surface area contributed by atoms with Gasteiger partial charge in [-0.1, -0.05) is 6.92 Å². The average Bonchev–Trinajstić information content (AvgIpc) is 1.69. The zero-order valence-corrected chi connectivity index (χ0v) is 4.52. The fraction of sp³-hybridized carbons (Fsp3) is 0.600. The maximum atomic E-state index is 4.94. The molecule has 0 aliphatic rings. The summed E-state index contributed by atoms with van der Waals surface area (Å²) in [5, 5.41) is 0. The molecule has 0 atom stereocenters. The highest BCUT2D eigenvalue weighted by Crippen LogP contribution is 1.71. The van der Waals surface area contributed by atoms with Gasteiger partial charge in [-0.15, -0.1) is 0 Å². The molecule has 0 saturated heterocycles. The molecule has 0 saturated carbocycles. The minimum atomic E-state index is 0.827. The van der Waals surface area contributed by atoms with E-state index in [9.17, 15) is 0 Å². The summed E-state index contributed by atoms with van der Waals surface area (Å²) < 4.78 is 0. The maximum Gasteiger partial charge on any atom is 0.0565 e.